The zero-order chi connectivity index (χ0) is 20.0. The van der Waals surface area contributed by atoms with Crippen molar-refractivity contribution in [3.63, 3.8) is 0 Å². The lowest BCUT2D eigenvalue weighted by Crippen LogP contribution is -2.52. The Morgan fingerprint density at radius 2 is 1.93 bits per heavy atom. The first kappa shape index (κ1) is 17.3. The van der Waals surface area contributed by atoms with Gasteiger partial charge in [0.1, 0.15) is 18.2 Å². The number of para-hydroxylation sites is 1. The Balaban J connectivity index is 1.41. The van der Waals surface area contributed by atoms with Gasteiger partial charge in [-0.05, 0) is 42.3 Å². The average molecular weight is 387 g/mol. The molecular weight excluding hydrogens is 370 g/mol. The summed E-state index contributed by atoms with van der Waals surface area (Å²) in [5.74, 6) is -0.206. The second-order valence-electron chi connectivity index (χ2n) is 7.14. The van der Waals surface area contributed by atoms with E-state index in [1.807, 2.05) is 36.4 Å². The minimum Gasteiger partial charge on any atom is -0.340 e. The molecule has 0 bridgehead atoms. The molecule has 5 rings (SSSR count). The molecule has 1 fully saturated rings. The highest BCUT2D eigenvalue weighted by molar-refractivity contribution is 6.05. The molecule has 3 aromatic rings. The smallest absolute Gasteiger partial charge is 0.255 e. The minimum absolute atomic E-state index is 0.187. The van der Waals surface area contributed by atoms with E-state index in [0.29, 0.717) is 24.3 Å². The maximum atomic E-state index is 12.8. The molecule has 2 aliphatic heterocycles. The molecule has 0 aliphatic carbocycles. The number of rotatable bonds is 3. The molecule has 144 valence electrons. The van der Waals surface area contributed by atoms with Crippen LogP contribution < -0.4 is 10.6 Å². The van der Waals surface area contributed by atoms with E-state index in [-0.39, 0.29) is 18.2 Å². The summed E-state index contributed by atoms with van der Waals surface area (Å²) in [6, 6.07) is 12.6. The number of anilines is 2. The summed E-state index contributed by atoms with van der Waals surface area (Å²) < 4.78 is 0. The Kier molecular flexibility index (Phi) is 3.97. The third kappa shape index (κ3) is 2.98. The zero-order valence-corrected chi connectivity index (χ0v) is 15.4. The van der Waals surface area contributed by atoms with E-state index in [4.69, 9.17) is 0 Å². The van der Waals surface area contributed by atoms with Gasteiger partial charge in [-0.2, -0.15) is 0 Å². The number of amides is 3. The first-order valence-electron chi connectivity index (χ1n) is 9.34. The molecule has 0 radical (unpaired) electrons. The maximum Gasteiger partial charge on any atom is 0.255 e. The third-order valence-corrected chi connectivity index (χ3v) is 5.33. The molecule has 1 unspecified atom stereocenters. The highest BCUT2D eigenvalue weighted by Crippen LogP contribution is 2.31. The van der Waals surface area contributed by atoms with E-state index in [0.717, 1.165) is 22.2 Å². The van der Waals surface area contributed by atoms with Gasteiger partial charge in [-0.1, -0.05) is 12.1 Å². The van der Waals surface area contributed by atoms with E-state index in [1.165, 1.54) is 11.2 Å². The van der Waals surface area contributed by atoms with Gasteiger partial charge in [0.2, 0.25) is 11.8 Å². The molecule has 8 nitrogen and oxygen atoms in total. The van der Waals surface area contributed by atoms with Crippen LogP contribution in [0.4, 0.5) is 11.5 Å². The van der Waals surface area contributed by atoms with Gasteiger partial charge >= 0.3 is 0 Å². The molecule has 0 saturated carbocycles. The number of carbonyl (C=O) groups excluding carboxylic acids is 3. The molecule has 2 aliphatic rings. The molecule has 2 N–H and O–H groups in total. The van der Waals surface area contributed by atoms with Gasteiger partial charge in [-0.25, -0.2) is 9.97 Å². The zero-order valence-electron chi connectivity index (χ0n) is 15.4. The molecule has 3 amide bonds. The van der Waals surface area contributed by atoms with Crippen molar-refractivity contribution in [2.24, 2.45) is 0 Å². The average Bonchev–Trinajstić information content (AvgIpc) is 3.04. The number of nitrogens with one attached hydrogen (secondary N) is 2. The quantitative estimate of drug-likeness (QED) is 0.667. The SMILES string of the molecule is O=C1CCC(N2Cc3cc(Nc4ncnc5ccccc45)ccc3C2=O)C(=O)N1. The molecule has 1 aromatic heterocycles. The fourth-order valence-electron chi connectivity index (χ4n) is 3.89. The third-order valence-electron chi connectivity index (χ3n) is 5.33. The highest BCUT2D eigenvalue weighted by atomic mass is 16.2. The van der Waals surface area contributed by atoms with E-state index >= 15 is 0 Å². The fourth-order valence-corrected chi connectivity index (χ4v) is 3.89. The molecule has 29 heavy (non-hydrogen) atoms. The number of nitrogens with zero attached hydrogens (tertiary/aromatic N) is 3. The van der Waals surface area contributed by atoms with Crippen LogP contribution in [0.2, 0.25) is 0 Å². The van der Waals surface area contributed by atoms with Gasteiger partial charge in [0.15, 0.2) is 0 Å². The van der Waals surface area contributed by atoms with Crippen molar-refractivity contribution in [2.45, 2.75) is 25.4 Å². The number of piperidine rings is 1. The summed E-state index contributed by atoms with van der Waals surface area (Å²) in [7, 11) is 0. The monoisotopic (exact) mass is 387 g/mol. The Bertz CT molecular complexity index is 1170. The van der Waals surface area contributed by atoms with E-state index in [1.54, 1.807) is 6.07 Å². The van der Waals surface area contributed by atoms with Crippen molar-refractivity contribution < 1.29 is 14.4 Å². The molecule has 3 heterocycles. The van der Waals surface area contributed by atoms with Crippen molar-refractivity contribution >= 4 is 40.1 Å². The van der Waals surface area contributed by atoms with Crippen LogP contribution in [0.3, 0.4) is 0 Å². The molecule has 8 heteroatoms. The summed E-state index contributed by atoms with van der Waals surface area (Å²) in [4.78, 5) is 46.5. The lowest BCUT2D eigenvalue weighted by atomic mass is 10.0. The maximum absolute atomic E-state index is 12.8. The van der Waals surface area contributed by atoms with Crippen LogP contribution in [0.15, 0.2) is 48.8 Å². The Morgan fingerprint density at radius 1 is 1.07 bits per heavy atom. The van der Waals surface area contributed by atoms with Crippen molar-refractivity contribution in [1.82, 2.24) is 20.2 Å². The summed E-state index contributed by atoms with van der Waals surface area (Å²) >= 11 is 0. The Morgan fingerprint density at radius 3 is 2.79 bits per heavy atom. The van der Waals surface area contributed by atoms with Gasteiger partial charge in [0.05, 0.1) is 5.52 Å². The standard InChI is InChI=1S/C21H17N5O3/c27-18-8-7-17(20(28)25-18)26-10-12-9-13(5-6-14(12)21(26)29)24-19-15-3-1-2-4-16(15)22-11-23-19/h1-6,9,11,17H,7-8,10H2,(H,22,23,24)(H,25,27,28). The van der Waals surface area contributed by atoms with Crippen LogP contribution in [-0.2, 0) is 16.1 Å². The number of imide groups is 1. The first-order chi connectivity index (χ1) is 14.1. The normalized spacial score (nSPS) is 18.7. The van der Waals surface area contributed by atoms with Gasteiger partial charge in [-0.15, -0.1) is 0 Å². The van der Waals surface area contributed by atoms with Crippen molar-refractivity contribution in [3.05, 3.63) is 59.9 Å². The van der Waals surface area contributed by atoms with Crippen LogP contribution in [0.1, 0.15) is 28.8 Å². The van der Waals surface area contributed by atoms with Crippen LogP contribution in [0, 0.1) is 0 Å². The van der Waals surface area contributed by atoms with Crippen LogP contribution in [-0.4, -0.2) is 38.6 Å². The van der Waals surface area contributed by atoms with Gasteiger partial charge in [0.25, 0.3) is 5.91 Å². The Labute approximate surface area is 165 Å². The van der Waals surface area contributed by atoms with E-state index in [2.05, 4.69) is 20.6 Å². The summed E-state index contributed by atoms with van der Waals surface area (Å²) in [6.45, 7) is 0.334. The predicted octanol–water partition coefficient (Wildman–Crippen LogP) is 2.13. The Hall–Kier alpha value is -3.81. The molecular formula is C21H17N5O3. The summed E-state index contributed by atoms with van der Waals surface area (Å²) in [5.41, 5.74) is 3.05. The van der Waals surface area contributed by atoms with Crippen LogP contribution in [0.25, 0.3) is 10.9 Å². The predicted molar refractivity (Wildman–Crippen MR) is 105 cm³/mol. The van der Waals surface area contributed by atoms with Crippen molar-refractivity contribution in [2.75, 3.05) is 5.32 Å². The van der Waals surface area contributed by atoms with E-state index < -0.39 is 11.9 Å². The largest absolute Gasteiger partial charge is 0.340 e. The summed E-state index contributed by atoms with van der Waals surface area (Å²) in [6.07, 6.45) is 2.10. The number of carbonyl (C=O) groups is 3. The molecule has 1 atom stereocenters. The topological polar surface area (TPSA) is 104 Å². The minimum atomic E-state index is -0.616. The van der Waals surface area contributed by atoms with Crippen molar-refractivity contribution in [3.8, 4) is 0 Å². The lowest BCUT2D eigenvalue weighted by Gasteiger charge is -2.29. The highest BCUT2D eigenvalue weighted by Gasteiger charge is 2.39. The first-order valence-corrected chi connectivity index (χ1v) is 9.34. The van der Waals surface area contributed by atoms with Crippen LogP contribution >= 0.6 is 0 Å². The lowest BCUT2D eigenvalue weighted by molar-refractivity contribution is -0.136. The number of aromatic nitrogens is 2. The van der Waals surface area contributed by atoms with Crippen molar-refractivity contribution in [1.29, 1.82) is 0 Å². The molecule has 0 spiro atoms. The number of benzene rings is 2. The van der Waals surface area contributed by atoms with Crippen LogP contribution in [0.5, 0.6) is 0 Å². The number of hydrogen-bond acceptors (Lipinski definition) is 6. The van der Waals surface area contributed by atoms with E-state index in [9.17, 15) is 14.4 Å². The number of hydrogen-bond donors (Lipinski definition) is 2. The van der Waals surface area contributed by atoms with Gasteiger partial charge in [-0.3, -0.25) is 19.7 Å². The summed E-state index contributed by atoms with van der Waals surface area (Å²) in [5, 5.41) is 6.51. The second kappa shape index (κ2) is 6.66. The van der Waals surface area contributed by atoms with Gasteiger partial charge < -0.3 is 10.2 Å². The van der Waals surface area contributed by atoms with Gasteiger partial charge in [0, 0.05) is 29.6 Å². The fraction of sp³-hybridized carbons (Fsp3) is 0.190. The number of fused-ring (bicyclic) bond motifs is 2. The molecule has 2 aromatic carbocycles. The second-order valence-corrected chi connectivity index (χ2v) is 7.14. The molecule has 1 saturated heterocycles.